The minimum Gasteiger partial charge on any atom is -0.398 e. The van der Waals surface area contributed by atoms with Gasteiger partial charge in [-0.15, -0.1) is 11.3 Å². The van der Waals surface area contributed by atoms with E-state index in [4.69, 9.17) is 5.73 Å². The average Bonchev–Trinajstić information content (AvgIpc) is 2.92. The van der Waals surface area contributed by atoms with Crippen LogP contribution in [0.3, 0.4) is 0 Å². The average molecular weight is 282 g/mol. The van der Waals surface area contributed by atoms with Crippen LogP contribution in [0.1, 0.15) is 5.56 Å². The fraction of sp³-hybridized carbons (Fsp3) is 0.0667. The van der Waals surface area contributed by atoms with Crippen molar-refractivity contribution >= 4 is 27.8 Å². The van der Waals surface area contributed by atoms with Gasteiger partial charge in [0, 0.05) is 23.0 Å². The topological polar surface area (TPSA) is 63.8 Å². The molecule has 0 fully saturated rings. The summed E-state index contributed by atoms with van der Waals surface area (Å²) in [4.78, 5) is 8.82. The highest BCUT2D eigenvalue weighted by molar-refractivity contribution is 7.14. The smallest absolute Gasteiger partial charge is 0.187 e. The Morgan fingerprint density at radius 2 is 2.05 bits per heavy atom. The highest BCUT2D eigenvalue weighted by Crippen LogP contribution is 2.27. The van der Waals surface area contributed by atoms with Crippen molar-refractivity contribution in [1.29, 1.82) is 0 Å². The second kappa shape index (κ2) is 5.30. The third kappa shape index (κ3) is 2.62. The number of thiazole rings is 1. The Balaban J connectivity index is 1.82. The number of nitrogens with zero attached hydrogens (tertiary/aromatic N) is 2. The van der Waals surface area contributed by atoms with Gasteiger partial charge in [0.05, 0.1) is 5.69 Å². The number of nitrogen functional groups attached to an aromatic ring is 1. The van der Waals surface area contributed by atoms with Crippen LogP contribution in [0.15, 0.2) is 48.0 Å². The van der Waals surface area contributed by atoms with Crippen molar-refractivity contribution in [2.45, 2.75) is 6.92 Å². The van der Waals surface area contributed by atoms with E-state index >= 15 is 0 Å². The van der Waals surface area contributed by atoms with Crippen LogP contribution in [-0.4, -0.2) is 9.97 Å². The molecule has 3 rings (SSSR count). The summed E-state index contributed by atoms with van der Waals surface area (Å²) in [6.07, 6.45) is 1.77. The maximum Gasteiger partial charge on any atom is 0.187 e. The molecule has 0 aliphatic carbocycles. The Morgan fingerprint density at radius 1 is 1.15 bits per heavy atom. The highest BCUT2D eigenvalue weighted by Gasteiger charge is 2.06. The standard InChI is InChI=1S/C15H14N4S/c1-10-5-6-11(8-12(10)16)18-15-19-14(9-20-15)13-4-2-3-7-17-13/h2-9H,16H2,1H3,(H,18,19). The summed E-state index contributed by atoms with van der Waals surface area (Å²) in [5.74, 6) is 0. The molecule has 100 valence electrons. The SMILES string of the molecule is Cc1ccc(Nc2nc(-c3ccccn3)cs2)cc1N. The summed E-state index contributed by atoms with van der Waals surface area (Å²) in [6, 6.07) is 11.7. The minimum absolute atomic E-state index is 0.775. The van der Waals surface area contributed by atoms with Crippen molar-refractivity contribution in [2.75, 3.05) is 11.1 Å². The molecule has 0 saturated heterocycles. The summed E-state index contributed by atoms with van der Waals surface area (Å²) in [6.45, 7) is 1.99. The summed E-state index contributed by atoms with van der Waals surface area (Å²) in [7, 11) is 0. The van der Waals surface area contributed by atoms with Crippen LogP contribution in [0, 0.1) is 6.92 Å². The van der Waals surface area contributed by atoms with Crippen LogP contribution in [0.5, 0.6) is 0 Å². The van der Waals surface area contributed by atoms with Crippen molar-refractivity contribution in [3.63, 3.8) is 0 Å². The predicted octanol–water partition coefficient (Wildman–Crippen LogP) is 3.84. The van der Waals surface area contributed by atoms with Crippen LogP contribution in [-0.2, 0) is 0 Å². The number of pyridine rings is 1. The van der Waals surface area contributed by atoms with Gasteiger partial charge in [0.15, 0.2) is 5.13 Å². The second-order valence-corrected chi connectivity index (χ2v) is 5.31. The van der Waals surface area contributed by atoms with Crippen LogP contribution in [0.25, 0.3) is 11.4 Å². The van der Waals surface area contributed by atoms with E-state index in [0.717, 1.165) is 33.5 Å². The van der Waals surface area contributed by atoms with Crippen LogP contribution >= 0.6 is 11.3 Å². The van der Waals surface area contributed by atoms with Crippen LogP contribution in [0.2, 0.25) is 0 Å². The van der Waals surface area contributed by atoms with E-state index < -0.39 is 0 Å². The number of nitrogens with two attached hydrogens (primary N) is 1. The number of nitrogens with one attached hydrogen (secondary N) is 1. The van der Waals surface area contributed by atoms with Crippen molar-refractivity contribution in [2.24, 2.45) is 0 Å². The molecule has 2 heterocycles. The van der Waals surface area contributed by atoms with Gasteiger partial charge in [0.25, 0.3) is 0 Å². The zero-order valence-corrected chi connectivity index (χ0v) is 11.8. The van der Waals surface area contributed by atoms with Gasteiger partial charge >= 0.3 is 0 Å². The minimum atomic E-state index is 0.775. The van der Waals surface area contributed by atoms with Gasteiger partial charge in [-0.1, -0.05) is 12.1 Å². The van der Waals surface area contributed by atoms with Crippen LogP contribution in [0.4, 0.5) is 16.5 Å². The lowest BCUT2D eigenvalue weighted by Gasteiger charge is -2.05. The Kier molecular flexibility index (Phi) is 3.35. The number of anilines is 3. The quantitative estimate of drug-likeness (QED) is 0.716. The molecule has 2 aromatic heterocycles. The van der Waals surface area contributed by atoms with E-state index in [-0.39, 0.29) is 0 Å². The Hall–Kier alpha value is -2.40. The molecular formula is C15H14N4S. The number of rotatable bonds is 3. The molecule has 20 heavy (non-hydrogen) atoms. The Bertz CT molecular complexity index is 722. The maximum atomic E-state index is 5.90. The molecule has 0 bridgehead atoms. The van der Waals surface area contributed by atoms with E-state index in [1.54, 1.807) is 17.5 Å². The molecule has 0 radical (unpaired) electrons. The Morgan fingerprint density at radius 3 is 2.80 bits per heavy atom. The van der Waals surface area contributed by atoms with Gasteiger partial charge in [-0.25, -0.2) is 4.98 Å². The molecular weight excluding hydrogens is 268 g/mol. The van der Waals surface area contributed by atoms with Gasteiger partial charge in [-0.05, 0) is 36.8 Å². The molecule has 1 aromatic carbocycles. The van der Waals surface area contributed by atoms with E-state index in [1.807, 2.05) is 48.7 Å². The number of aryl methyl sites for hydroxylation is 1. The van der Waals surface area contributed by atoms with Gasteiger partial charge in [-0.2, -0.15) is 0 Å². The molecule has 0 aliphatic rings. The highest BCUT2D eigenvalue weighted by atomic mass is 32.1. The first-order valence-electron chi connectivity index (χ1n) is 6.22. The summed E-state index contributed by atoms with van der Waals surface area (Å²) in [5, 5.41) is 6.08. The largest absolute Gasteiger partial charge is 0.398 e. The molecule has 0 unspecified atom stereocenters. The van der Waals surface area contributed by atoms with Crippen molar-refractivity contribution < 1.29 is 0 Å². The first-order valence-corrected chi connectivity index (χ1v) is 7.10. The van der Waals surface area contributed by atoms with E-state index in [2.05, 4.69) is 15.3 Å². The third-order valence-corrected chi connectivity index (χ3v) is 3.72. The molecule has 3 aromatic rings. The summed E-state index contributed by atoms with van der Waals surface area (Å²) < 4.78 is 0. The van der Waals surface area contributed by atoms with E-state index in [9.17, 15) is 0 Å². The van der Waals surface area contributed by atoms with Gasteiger partial charge < -0.3 is 11.1 Å². The first kappa shape index (κ1) is 12.6. The fourth-order valence-electron chi connectivity index (χ4n) is 1.80. The molecule has 4 nitrogen and oxygen atoms in total. The molecule has 0 aliphatic heterocycles. The number of benzene rings is 1. The zero-order chi connectivity index (χ0) is 13.9. The number of hydrogen-bond acceptors (Lipinski definition) is 5. The van der Waals surface area contributed by atoms with Crippen molar-refractivity contribution in [1.82, 2.24) is 9.97 Å². The molecule has 0 spiro atoms. The lowest BCUT2D eigenvalue weighted by atomic mass is 10.2. The van der Waals surface area contributed by atoms with Gasteiger partial charge in [-0.3, -0.25) is 4.98 Å². The lowest BCUT2D eigenvalue weighted by molar-refractivity contribution is 1.28. The second-order valence-electron chi connectivity index (χ2n) is 4.45. The molecule has 5 heteroatoms. The van der Waals surface area contributed by atoms with Crippen molar-refractivity contribution in [3.05, 3.63) is 53.5 Å². The van der Waals surface area contributed by atoms with Gasteiger partial charge in [0.1, 0.15) is 5.69 Å². The fourth-order valence-corrected chi connectivity index (χ4v) is 2.53. The monoisotopic (exact) mass is 282 g/mol. The normalized spacial score (nSPS) is 10.4. The zero-order valence-electron chi connectivity index (χ0n) is 11.0. The summed E-state index contributed by atoms with van der Waals surface area (Å²) >= 11 is 1.55. The molecule has 0 saturated carbocycles. The molecule has 0 amide bonds. The van der Waals surface area contributed by atoms with E-state index in [0.29, 0.717) is 0 Å². The predicted molar refractivity (Wildman–Crippen MR) is 84.2 cm³/mol. The first-order chi connectivity index (χ1) is 9.72. The molecule has 3 N–H and O–H groups in total. The van der Waals surface area contributed by atoms with Crippen LogP contribution < -0.4 is 11.1 Å². The van der Waals surface area contributed by atoms with E-state index in [1.165, 1.54) is 0 Å². The third-order valence-electron chi connectivity index (χ3n) is 2.96. The van der Waals surface area contributed by atoms with Crippen molar-refractivity contribution in [3.8, 4) is 11.4 Å². The van der Waals surface area contributed by atoms with Gasteiger partial charge in [0.2, 0.25) is 0 Å². The number of hydrogen-bond donors (Lipinski definition) is 2. The summed E-state index contributed by atoms with van der Waals surface area (Å²) in [5.41, 5.74) is 10.4. The Labute approximate surface area is 121 Å². The number of aromatic nitrogens is 2. The maximum absolute atomic E-state index is 5.90. The molecule has 0 atom stereocenters. The lowest BCUT2D eigenvalue weighted by Crippen LogP contribution is -1.94.